The van der Waals surface area contributed by atoms with Gasteiger partial charge in [-0.25, -0.2) is 4.79 Å². The maximum absolute atomic E-state index is 11.6. The third-order valence-corrected chi connectivity index (χ3v) is 2.34. The Morgan fingerprint density at radius 2 is 1.47 bits per heavy atom. The first-order valence-corrected chi connectivity index (χ1v) is 5.76. The summed E-state index contributed by atoms with van der Waals surface area (Å²) >= 11 is 0. The molecule has 3 nitrogen and oxygen atoms in total. The largest absolute Gasteiger partial charge is 1.00 e. The fourth-order valence-corrected chi connectivity index (χ4v) is 1.47. The molecule has 0 aliphatic heterocycles. The number of esters is 1. The second-order valence-electron chi connectivity index (χ2n) is 3.66. The molecule has 0 fully saturated rings. The molecule has 2 aromatic carbocycles. The van der Waals surface area contributed by atoms with E-state index in [-0.39, 0.29) is 43.6 Å². The van der Waals surface area contributed by atoms with Crippen LogP contribution in [0.5, 0.6) is 5.75 Å². The Labute approximate surface area is 136 Å². The number of carbonyl (C=O) groups excluding carboxylic acids is 1. The van der Waals surface area contributed by atoms with Gasteiger partial charge in [0.25, 0.3) is 0 Å². The summed E-state index contributed by atoms with van der Waals surface area (Å²) in [5.74, 6) is 0.445. The molecule has 0 atom stereocenters. The molecule has 94 valence electrons. The zero-order valence-electron chi connectivity index (χ0n) is 11.9. The summed E-state index contributed by atoms with van der Waals surface area (Å²) in [6.45, 7) is 0.589. The van der Waals surface area contributed by atoms with Crippen molar-refractivity contribution >= 4 is 5.97 Å². The second-order valence-corrected chi connectivity index (χ2v) is 3.66. The van der Waals surface area contributed by atoms with E-state index >= 15 is 0 Å². The van der Waals surface area contributed by atoms with Gasteiger partial charge in [-0.15, -0.1) is 0 Å². The summed E-state index contributed by atoms with van der Waals surface area (Å²) in [5, 5.41) is 0. The standard InChI is InChI=1S/C15H14O3.Na.H/c16-15(13-7-3-1-4-8-13)18-12-11-17-14-9-5-2-6-10-14;;/h1-10H,11-12H2;;/q;+1;-1. The van der Waals surface area contributed by atoms with Gasteiger partial charge < -0.3 is 10.9 Å². The van der Waals surface area contributed by atoms with E-state index < -0.39 is 0 Å². The third-order valence-electron chi connectivity index (χ3n) is 2.34. The minimum Gasteiger partial charge on any atom is -1.00 e. The van der Waals surface area contributed by atoms with Crippen LogP contribution in [-0.2, 0) is 4.74 Å². The second kappa shape index (κ2) is 8.75. The maximum Gasteiger partial charge on any atom is 1.00 e. The normalized spacial score (nSPS) is 9.26. The Hall–Kier alpha value is -1.29. The first-order valence-electron chi connectivity index (χ1n) is 5.76. The quantitative estimate of drug-likeness (QED) is 0.435. The molecule has 0 saturated carbocycles. The third kappa shape index (κ3) is 5.47. The van der Waals surface area contributed by atoms with Crippen molar-refractivity contribution in [3.05, 3.63) is 66.2 Å². The molecular weight excluding hydrogens is 251 g/mol. The minimum atomic E-state index is -0.327. The van der Waals surface area contributed by atoms with Gasteiger partial charge in [0, 0.05) is 0 Å². The van der Waals surface area contributed by atoms with Crippen LogP contribution in [0.4, 0.5) is 0 Å². The first kappa shape index (κ1) is 15.8. The van der Waals surface area contributed by atoms with Crippen molar-refractivity contribution in [2.75, 3.05) is 13.2 Å². The van der Waals surface area contributed by atoms with Crippen molar-refractivity contribution in [2.24, 2.45) is 0 Å². The number of carbonyl (C=O) groups is 1. The van der Waals surface area contributed by atoms with Crippen LogP contribution in [0, 0.1) is 0 Å². The molecule has 2 aromatic rings. The zero-order chi connectivity index (χ0) is 12.6. The van der Waals surface area contributed by atoms with Gasteiger partial charge in [-0.1, -0.05) is 36.4 Å². The van der Waals surface area contributed by atoms with Gasteiger partial charge in [-0.05, 0) is 24.3 Å². The Bertz CT molecular complexity index is 491. The van der Waals surface area contributed by atoms with Crippen molar-refractivity contribution < 1.29 is 45.3 Å². The number of hydrogen-bond acceptors (Lipinski definition) is 3. The van der Waals surface area contributed by atoms with Crippen molar-refractivity contribution in [3.63, 3.8) is 0 Å². The van der Waals surface area contributed by atoms with Crippen LogP contribution in [0.2, 0.25) is 0 Å². The van der Waals surface area contributed by atoms with Gasteiger partial charge in [-0.3, -0.25) is 0 Å². The van der Waals surface area contributed by atoms with Crippen LogP contribution in [-0.4, -0.2) is 19.2 Å². The van der Waals surface area contributed by atoms with E-state index in [1.165, 1.54) is 0 Å². The zero-order valence-corrected chi connectivity index (χ0v) is 12.9. The molecule has 0 aromatic heterocycles. The fraction of sp³-hybridized carbons (Fsp3) is 0.133. The molecule has 0 aliphatic carbocycles. The van der Waals surface area contributed by atoms with Crippen molar-refractivity contribution in [3.8, 4) is 5.75 Å². The minimum absolute atomic E-state index is 0. The Balaban J connectivity index is 0.00000180. The Morgan fingerprint density at radius 1 is 0.895 bits per heavy atom. The molecule has 0 aliphatic rings. The summed E-state index contributed by atoms with van der Waals surface area (Å²) in [5.41, 5.74) is 0.553. The van der Waals surface area contributed by atoms with Crippen molar-refractivity contribution in [2.45, 2.75) is 0 Å². The predicted molar refractivity (Wildman–Crippen MR) is 69.8 cm³/mol. The van der Waals surface area contributed by atoms with Crippen LogP contribution < -0.4 is 34.3 Å². The van der Waals surface area contributed by atoms with Crippen molar-refractivity contribution in [1.29, 1.82) is 0 Å². The number of ether oxygens (including phenoxy) is 2. The van der Waals surface area contributed by atoms with E-state index in [4.69, 9.17) is 9.47 Å². The molecule has 4 heteroatoms. The van der Waals surface area contributed by atoms with Gasteiger partial charge in [-0.2, -0.15) is 0 Å². The topological polar surface area (TPSA) is 35.5 Å². The molecule has 0 radical (unpaired) electrons. The smallest absolute Gasteiger partial charge is 1.00 e. The molecular formula is C15H15NaO3. The van der Waals surface area contributed by atoms with Crippen LogP contribution in [0.15, 0.2) is 60.7 Å². The molecule has 0 unspecified atom stereocenters. The van der Waals surface area contributed by atoms with Crippen molar-refractivity contribution in [1.82, 2.24) is 0 Å². The van der Waals surface area contributed by atoms with E-state index in [1.807, 2.05) is 36.4 Å². The van der Waals surface area contributed by atoms with Gasteiger partial charge in [0.05, 0.1) is 5.56 Å². The molecule has 19 heavy (non-hydrogen) atoms. The summed E-state index contributed by atoms with van der Waals surface area (Å²) in [4.78, 5) is 11.6. The summed E-state index contributed by atoms with van der Waals surface area (Å²) < 4.78 is 10.5. The van der Waals surface area contributed by atoms with Crippen LogP contribution in [0.25, 0.3) is 0 Å². The van der Waals surface area contributed by atoms with E-state index in [0.29, 0.717) is 12.2 Å². The molecule has 0 bridgehead atoms. The number of rotatable bonds is 5. The molecule has 0 heterocycles. The van der Waals surface area contributed by atoms with E-state index in [1.54, 1.807) is 24.3 Å². The predicted octanol–water partition coefficient (Wildman–Crippen LogP) is 0.0389. The van der Waals surface area contributed by atoms with E-state index in [9.17, 15) is 4.79 Å². The molecule has 2 rings (SSSR count). The first-order chi connectivity index (χ1) is 8.86. The maximum atomic E-state index is 11.6. The van der Waals surface area contributed by atoms with Crippen LogP contribution in [0.3, 0.4) is 0 Å². The fourth-order valence-electron chi connectivity index (χ4n) is 1.47. The summed E-state index contributed by atoms with van der Waals surface area (Å²) in [7, 11) is 0. The Kier molecular flexibility index (Phi) is 7.26. The van der Waals surface area contributed by atoms with E-state index in [2.05, 4.69) is 0 Å². The molecule has 0 spiro atoms. The van der Waals surface area contributed by atoms with Gasteiger partial charge in [0.1, 0.15) is 19.0 Å². The van der Waals surface area contributed by atoms with Gasteiger partial charge in [0.2, 0.25) is 0 Å². The average molecular weight is 266 g/mol. The van der Waals surface area contributed by atoms with Gasteiger partial charge >= 0.3 is 35.5 Å². The summed E-state index contributed by atoms with van der Waals surface area (Å²) in [6, 6.07) is 18.3. The molecule has 0 N–H and O–H groups in total. The number of benzene rings is 2. The Morgan fingerprint density at radius 3 is 2.11 bits per heavy atom. The SMILES string of the molecule is O=C(OCCOc1ccccc1)c1ccccc1.[H-].[Na+]. The number of para-hydroxylation sites is 1. The molecule has 0 amide bonds. The summed E-state index contributed by atoms with van der Waals surface area (Å²) in [6.07, 6.45) is 0. The van der Waals surface area contributed by atoms with Crippen LogP contribution >= 0.6 is 0 Å². The monoisotopic (exact) mass is 266 g/mol. The van der Waals surface area contributed by atoms with Gasteiger partial charge in [0.15, 0.2) is 0 Å². The van der Waals surface area contributed by atoms with E-state index in [0.717, 1.165) is 5.75 Å². The molecule has 0 saturated heterocycles. The number of hydrogen-bond donors (Lipinski definition) is 0. The van der Waals surface area contributed by atoms with Crippen LogP contribution in [0.1, 0.15) is 11.8 Å². The average Bonchev–Trinajstić information content (AvgIpc) is 2.45.